The fourth-order valence-corrected chi connectivity index (χ4v) is 2.46. The van der Waals surface area contributed by atoms with Gasteiger partial charge in [0.05, 0.1) is 12.1 Å². The molecule has 0 bridgehead atoms. The topological polar surface area (TPSA) is 55.1 Å². The fourth-order valence-electron chi connectivity index (χ4n) is 2.34. The number of nitrogens with one attached hydrogen (secondary N) is 1. The number of hydrogen-bond acceptors (Lipinski definition) is 3. The van der Waals surface area contributed by atoms with E-state index < -0.39 is 0 Å². The highest BCUT2D eigenvalue weighted by Crippen LogP contribution is 2.22. The first-order valence-electron chi connectivity index (χ1n) is 7.74. The first-order chi connectivity index (χ1) is 11.6. The molecule has 0 saturated carbocycles. The molecule has 3 aromatic rings. The highest BCUT2D eigenvalue weighted by atomic mass is 35.5. The van der Waals surface area contributed by atoms with E-state index in [0.29, 0.717) is 16.5 Å². The van der Waals surface area contributed by atoms with Gasteiger partial charge in [-0.2, -0.15) is 0 Å². The van der Waals surface area contributed by atoms with E-state index in [1.807, 2.05) is 36.4 Å². The van der Waals surface area contributed by atoms with E-state index in [4.69, 9.17) is 16.1 Å². The fraction of sp³-hybridized carbons (Fsp3) is 0.158. The molecule has 1 N–H and O–H groups in total. The average Bonchev–Trinajstić information content (AvgIpc) is 3.04. The van der Waals surface area contributed by atoms with Gasteiger partial charge in [0.25, 0.3) is 0 Å². The van der Waals surface area contributed by atoms with Crippen molar-refractivity contribution in [3.8, 4) is 11.3 Å². The number of anilines is 1. The van der Waals surface area contributed by atoms with Crippen LogP contribution in [0.25, 0.3) is 11.3 Å². The highest BCUT2D eigenvalue weighted by Gasteiger charge is 2.11. The minimum absolute atomic E-state index is 0.129. The van der Waals surface area contributed by atoms with Gasteiger partial charge in [-0.1, -0.05) is 35.8 Å². The lowest BCUT2D eigenvalue weighted by Crippen LogP contribution is -2.14. The number of benzene rings is 2. The zero-order chi connectivity index (χ0) is 16.9. The van der Waals surface area contributed by atoms with Crippen LogP contribution in [0, 0.1) is 0 Å². The summed E-state index contributed by atoms with van der Waals surface area (Å²) in [6.45, 7) is 2.09. The summed E-state index contributed by atoms with van der Waals surface area (Å²) in [4.78, 5) is 12.1. The molecule has 1 heterocycles. The lowest BCUT2D eigenvalue weighted by molar-refractivity contribution is -0.115. The van der Waals surface area contributed by atoms with Gasteiger partial charge in [-0.15, -0.1) is 0 Å². The summed E-state index contributed by atoms with van der Waals surface area (Å²) in [7, 11) is 0. The Kier molecular flexibility index (Phi) is 4.96. The SMILES string of the molecule is CCc1ccc(NC(=O)Cc2cc(-c3ccc(Cl)cc3)on2)cc1. The minimum atomic E-state index is -0.129. The number of rotatable bonds is 5. The predicted molar refractivity (Wildman–Crippen MR) is 95.1 cm³/mol. The molecule has 4 nitrogen and oxygen atoms in total. The standard InChI is InChI=1S/C19H17ClN2O2/c1-2-13-3-9-16(10-4-13)21-19(23)12-17-11-18(24-22-17)14-5-7-15(20)8-6-14/h3-11H,2,12H2,1H3,(H,21,23). The Hall–Kier alpha value is -2.59. The van der Waals surface area contributed by atoms with E-state index >= 15 is 0 Å². The normalized spacial score (nSPS) is 10.6. The van der Waals surface area contributed by atoms with Gasteiger partial charge in [-0.3, -0.25) is 4.79 Å². The van der Waals surface area contributed by atoms with Crippen molar-refractivity contribution in [1.82, 2.24) is 5.16 Å². The van der Waals surface area contributed by atoms with Crippen molar-refractivity contribution >= 4 is 23.2 Å². The molecule has 0 aliphatic carbocycles. The van der Waals surface area contributed by atoms with Gasteiger partial charge in [0.15, 0.2) is 5.76 Å². The third-order valence-corrected chi connectivity index (χ3v) is 3.93. The summed E-state index contributed by atoms with van der Waals surface area (Å²) in [5.74, 6) is 0.483. The molecule has 0 fully saturated rings. The monoisotopic (exact) mass is 340 g/mol. The molecular weight excluding hydrogens is 324 g/mol. The van der Waals surface area contributed by atoms with E-state index in [1.165, 1.54) is 5.56 Å². The Balaban J connectivity index is 1.63. The number of amides is 1. The van der Waals surface area contributed by atoms with Crippen molar-refractivity contribution < 1.29 is 9.32 Å². The molecule has 5 heteroatoms. The predicted octanol–water partition coefficient (Wildman–Crippen LogP) is 4.74. The number of hydrogen-bond donors (Lipinski definition) is 1. The maximum Gasteiger partial charge on any atom is 0.230 e. The van der Waals surface area contributed by atoms with Crippen LogP contribution in [-0.4, -0.2) is 11.1 Å². The molecule has 1 aromatic heterocycles. The summed E-state index contributed by atoms with van der Waals surface area (Å²) in [5, 5.41) is 7.47. The number of carbonyl (C=O) groups is 1. The number of halogens is 1. The van der Waals surface area contributed by atoms with E-state index in [-0.39, 0.29) is 12.3 Å². The molecule has 0 aliphatic rings. The van der Waals surface area contributed by atoms with Gasteiger partial charge in [-0.05, 0) is 48.4 Å². The van der Waals surface area contributed by atoms with Crippen LogP contribution in [0.5, 0.6) is 0 Å². The number of aryl methyl sites for hydroxylation is 1. The second-order valence-corrected chi connectivity index (χ2v) is 5.90. The highest BCUT2D eigenvalue weighted by molar-refractivity contribution is 6.30. The van der Waals surface area contributed by atoms with Gasteiger partial charge in [0, 0.05) is 22.3 Å². The summed E-state index contributed by atoms with van der Waals surface area (Å²) in [5.41, 5.74) is 3.46. The molecule has 122 valence electrons. The summed E-state index contributed by atoms with van der Waals surface area (Å²) in [6, 6.07) is 16.8. The minimum Gasteiger partial charge on any atom is -0.356 e. The molecule has 0 atom stereocenters. The molecule has 2 aromatic carbocycles. The van der Waals surface area contributed by atoms with Crippen molar-refractivity contribution in [2.75, 3.05) is 5.32 Å². The van der Waals surface area contributed by atoms with Gasteiger partial charge in [-0.25, -0.2) is 0 Å². The summed E-state index contributed by atoms with van der Waals surface area (Å²) >= 11 is 5.87. The second-order valence-electron chi connectivity index (χ2n) is 5.46. The van der Waals surface area contributed by atoms with E-state index in [1.54, 1.807) is 18.2 Å². The Bertz CT molecular complexity index is 823. The van der Waals surface area contributed by atoms with Crippen LogP contribution >= 0.6 is 11.6 Å². The van der Waals surface area contributed by atoms with Gasteiger partial charge < -0.3 is 9.84 Å². The Morgan fingerprint density at radius 3 is 2.50 bits per heavy atom. The smallest absolute Gasteiger partial charge is 0.230 e. The van der Waals surface area contributed by atoms with Crippen LogP contribution in [0.4, 0.5) is 5.69 Å². The van der Waals surface area contributed by atoms with E-state index in [9.17, 15) is 4.79 Å². The lowest BCUT2D eigenvalue weighted by Gasteiger charge is -2.04. The van der Waals surface area contributed by atoms with Gasteiger partial charge in [0.2, 0.25) is 5.91 Å². The van der Waals surface area contributed by atoms with Crippen LogP contribution in [0.15, 0.2) is 59.1 Å². The summed E-state index contributed by atoms with van der Waals surface area (Å²) in [6.07, 6.45) is 1.13. The zero-order valence-corrected chi connectivity index (χ0v) is 14.0. The quantitative estimate of drug-likeness (QED) is 0.730. The van der Waals surface area contributed by atoms with Crippen molar-refractivity contribution in [3.05, 3.63) is 70.9 Å². The largest absolute Gasteiger partial charge is 0.356 e. The molecule has 3 rings (SSSR count). The first kappa shape index (κ1) is 16.3. The summed E-state index contributed by atoms with van der Waals surface area (Å²) < 4.78 is 5.30. The molecule has 0 spiro atoms. The van der Waals surface area contributed by atoms with Crippen LogP contribution in [0.1, 0.15) is 18.2 Å². The molecular formula is C19H17ClN2O2. The molecule has 24 heavy (non-hydrogen) atoms. The Morgan fingerprint density at radius 2 is 1.83 bits per heavy atom. The molecule has 0 saturated heterocycles. The molecule has 0 unspecified atom stereocenters. The van der Waals surface area contributed by atoms with E-state index in [0.717, 1.165) is 17.7 Å². The number of aromatic nitrogens is 1. The number of carbonyl (C=O) groups excluding carboxylic acids is 1. The first-order valence-corrected chi connectivity index (χ1v) is 8.12. The van der Waals surface area contributed by atoms with Crippen LogP contribution in [-0.2, 0) is 17.6 Å². The van der Waals surface area contributed by atoms with Gasteiger partial charge in [0.1, 0.15) is 0 Å². The third-order valence-electron chi connectivity index (χ3n) is 3.68. The maximum absolute atomic E-state index is 12.1. The van der Waals surface area contributed by atoms with Crippen LogP contribution < -0.4 is 5.32 Å². The van der Waals surface area contributed by atoms with Crippen molar-refractivity contribution in [2.45, 2.75) is 19.8 Å². The van der Waals surface area contributed by atoms with Gasteiger partial charge >= 0.3 is 0 Å². The van der Waals surface area contributed by atoms with Crippen LogP contribution in [0.3, 0.4) is 0 Å². The number of nitrogens with zero attached hydrogens (tertiary/aromatic N) is 1. The Labute approximate surface area is 145 Å². The van der Waals surface area contributed by atoms with Crippen molar-refractivity contribution in [3.63, 3.8) is 0 Å². The third kappa shape index (κ3) is 4.03. The Morgan fingerprint density at radius 1 is 1.12 bits per heavy atom. The average molecular weight is 341 g/mol. The maximum atomic E-state index is 12.1. The van der Waals surface area contributed by atoms with E-state index in [2.05, 4.69) is 17.4 Å². The van der Waals surface area contributed by atoms with Crippen molar-refractivity contribution in [1.29, 1.82) is 0 Å². The zero-order valence-electron chi connectivity index (χ0n) is 13.3. The van der Waals surface area contributed by atoms with Crippen molar-refractivity contribution in [2.24, 2.45) is 0 Å². The molecule has 0 aliphatic heterocycles. The lowest BCUT2D eigenvalue weighted by atomic mass is 10.1. The second kappa shape index (κ2) is 7.32. The van der Waals surface area contributed by atoms with Crippen LogP contribution in [0.2, 0.25) is 5.02 Å². The molecule has 0 radical (unpaired) electrons. The molecule has 1 amide bonds.